The summed E-state index contributed by atoms with van der Waals surface area (Å²) >= 11 is 1.04. The van der Waals surface area contributed by atoms with Crippen molar-refractivity contribution < 1.29 is 14.7 Å². The van der Waals surface area contributed by atoms with Gasteiger partial charge in [0.15, 0.2) is 0 Å². The largest absolute Gasteiger partial charge is 0.477 e. The van der Waals surface area contributed by atoms with Gasteiger partial charge in [-0.3, -0.25) is 9.48 Å². The number of carboxylic acids is 1. The molecule has 0 aliphatic carbocycles. The van der Waals surface area contributed by atoms with Crippen LogP contribution in [0.4, 0.5) is 0 Å². The average Bonchev–Trinajstić information content (AvgIpc) is 3.23. The molecule has 0 unspecified atom stereocenters. The highest BCUT2D eigenvalue weighted by Gasteiger charge is 2.26. The number of hydrogen-bond donors (Lipinski definition) is 1. The minimum absolute atomic E-state index is 0.0646. The molecule has 1 N–H and O–H groups in total. The number of aromatic carboxylic acids is 1. The highest BCUT2D eigenvalue weighted by molar-refractivity contribution is 7.15. The lowest BCUT2D eigenvalue weighted by Gasteiger charge is -2.31. The van der Waals surface area contributed by atoms with Gasteiger partial charge >= 0.3 is 5.97 Å². The molecule has 1 aliphatic heterocycles. The molecule has 0 radical (unpaired) electrons. The average molecular weight is 333 g/mol. The molecule has 2 aromatic heterocycles. The van der Waals surface area contributed by atoms with E-state index in [1.165, 1.54) is 11.6 Å². The third-order valence-electron chi connectivity index (χ3n) is 4.26. The second kappa shape index (κ2) is 6.54. The monoisotopic (exact) mass is 333 g/mol. The maximum Gasteiger partial charge on any atom is 0.345 e. The van der Waals surface area contributed by atoms with E-state index in [2.05, 4.69) is 18.2 Å². The fourth-order valence-electron chi connectivity index (χ4n) is 2.90. The molecule has 3 heterocycles. The number of carbonyl (C=O) groups is 2. The van der Waals surface area contributed by atoms with Gasteiger partial charge in [0, 0.05) is 25.8 Å². The van der Waals surface area contributed by atoms with Crippen molar-refractivity contribution in [3.63, 3.8) is 0 Å². The predicted molar refractivity (Wildman–Crippen MR) is 87.1 cm³/mol. The van der Waals surface area contributed by atoms with Gasteiger partial charge in [-0.05, 0) is 43.4 Å². The molecule has 7 heteroatoms. The van der Waals surface area contributed by atoms with Crippen molar-refractivity contribution in [3.8, 4) is 0 Å². The third kappa shape index (κ3) is 3.29. The van der Waals surface area contributed by atoms with Crippen LogP contribution in [0.15, 0.2) is 24.5 Å². The van der Waals surface area contributed by atoms with Crippen LogP contribution in [0.5, 0.6) is 0 Å². The predicted octanol–water partition coefficient (Wildman–Crippen LogP) is 2.68. The van der Waals surface area contributed by atoms with Gasteiger partial charge in [0.05, 0.1) is 11.1 Å². The fraction of sp³-hybridized carbons (Fsp3) is 0.438. The van der Waals surface area contributed by atoms with Gasteiger partial charge in [0.25, 0.3) is 5.91 Å². The number of rotatable bonds is 4. The lowest BCUT2D eigenvalue weighted by molar-refractivity contribution is 0.0699. The second-order valence-corrected chi connectivity index (χ2v) is 6.75. The number of piperidine rings is 1. The number of nitrogens with zero attached hydrogens (tertiary/aromatic N) is 3. The Hall–Kier alpha value is -2.15. The molecule has 0 atom stereocenters. The smallest absolute Gasteiger partial charge is 0.345 e. The highest BCUT2D eigenvalue weighted by atomic mass is 32.1. The Labute approximate surface area is 138 Å². The van der Waals surface area contributed by atoms with Crippen molar-refractivity contribution >= 4 is 23.2 Å². The lowest BCUT2D eigenvalue weighted by Crippen LogP contribution is -2.37. The number of likely N-dealkylation sites (tertiary alicyclic amines) is 1. The molecule has 1 aliphatic rings. The SMILES string of the molecule is CCn1cc(C2CCN(C(=O)c3ccc(C(=O)O)s3)CC2)cn1. The summed E-state index contributed by atoms with van der Waals surface area (Å²) in [5.74, 6) is -0.608. The number of carboxylic acid groups (broad SMARTS) is 1. The van der Waals surface area contributed by atoms with Gasteiger partial charge in [0.1, 0.15) is 4.88 Å². The molecule has 0 saturated carbocycles. The Kier molecular flexibility index (Phi) is 4.47. The first kappa shape index (κ1) is 15.7. The number of amides is 1. The van der Waals surface area contributed by atoms with Gasteiger partial charge in [-0.1, -0.05) is 0 Å². The summed E-state index contributed by atoms with van der Waals surface area (Å²) in [6.45, 7) is 4.31. The summed E-state index contributed by atoms with van der Waals surface area (Å²) in [6, 6.07) is 3.10. The van der Waals surface area contributed by atoms with E-state index < -0.39 is 5.97 Å². The first-order valence-electron chi connectivity index (χ1n) is 7.73. The maximum absolute atomic E-state index is 12.5. The van der Waals surface area contributed by atoms with E-state index in [0.29, 0.717) is 23.9 Å². The van der Waals surface area contributed by atoms with Crippen molar-refractivity contribution in [1.29, 1.82) is 0 Å². The summed E-state index contributed by atoms with van der Waals surface area (Å²) < 4.78 is 1.92. The van der Waals surface area contributed by atoms with Crippen LogP contribution in [0.25, 0.3) is 0 Å². The molecule has 0 spiro atoms. The van der Waals surface area contributed by atoms with Crippen LogP contribution >= 0.6 is 11.3 Å². The van der Waals surface area contributed by atoms with Crippen LogP contribution in [0.2, 0.25) is 0 Å². The van der Waals surface area contributed by atoms with Crippen molar-refractivity contribution in [2.24, 2.45) is 0 Å². The summed E-state index contributed by atoms with van der Waals surface area (Å²) in [5, 5.41) is 13.3. The number of aryl methyl sites for hydroxylation is 1. The van der Waals surface area contributed by atoms with E-state index in [1.807, 2.05) is 15.8 Å². The van der Waals surface area contributed by atoms with Crippen molar-refractivity contribution in [2.45, 2.75) is 32.2 Å². The van der Waals surface area contributed by atoms with E-state index in [0.717, 1.165) is 30.7 Å². The standard InChI is InChI=1S/C16H19N3O3S/c1-2-19-10-12(9-17-19)11-5-7-18(8-6-11)15(20)13-3-4-14(23-13)16(21)22/h3-4,9-11H,2,5-8H2,1H3,(H,21,22). The zero-order valence-electron chi connectivity index (χ0n) is 12.9. The number of hydrogen-bond acceptors (Lipinski definition) is 4. The molecule has 23 heavy (non-hydrogen) atoms. The van der Waals surface area contributed by atoms with Gasteiger partial charge in [-0.25, -0.2) is 4.79 Å². The van der Waals surface area contributed by atoms with Gasteiger partial charge in [-0.2, -0.15) is 5.10 Å². The summed E-state index contributed by atoms with van der Waals surface area (Å²) in [4.78, 5) is 25.9. The Morgan fingerprint density at radius 3 is 2.57 bits per heavy atom. The van der Waals surface area contributed by atoms with E-state index in [1.54, 1.807) is 6.07 Å². The topological polar surface area (TPSA) is 75.4 Å². The van der Waals surface area contributed by atoms with E-state index in [9.17, 15) is 9.59 Å². The van der Waals surface area contributed by atoms with E-state index in [-0.39, 0.29) is 10.8 Å². The molecule has 122 valence electrons. The van der Waals surface area contributed by atoms with Gasteiger partial charge in [0.2, 0.25) is 0 Å². The Morgan fingerprint density at radius 1 is 1.30 bits per heavy atom. The zero-order chi connectivity index (χ0) is 16.4. The summed E-state index contributed by atoms with van der Waals surface area (Å²) in [7, 11) is 0. The minimum atomic E-state index is -0.985. The quantitative estimate of drug-likeness (QED) is 0.933. The first-order valence-corrected chi connectivity index (χ1v) is 8.55. The zero-order valence-corrected chi connectivity index (χ0v) is 13.8. The third-order valence-corrected chi connectivity index (χ3v) is 5.32. The van der Waals surface area contributed by atoms with Crippen molar-refractivity contribution in [1.82, 2.24) is 14.7 Å². The van der Waals surface area contributed by atoms with Crippen molar-refractivity contribution in [3.05, 3.63) is 39.8 Å². The van der Waals surface area contributed by atoms with Gasteiger partial charge < -0.3 is 10.0 Å². The molecule has 1 amide bonds. The van der Waals surface area contributed by atoms with E-state index in [4.69, 9.17) is 5.11 Å². The molecule has 2 aromatic rings. The molecule has 0 aromatic carbocycles. The van der Waals surface area contributed by atoms with Crippen LogP contribution in [0.1, 0.15) is 50.6 Å². The Balaban J connectivity index is 1.61. The first-order chi connectivity index (χ1) is 11.1. The maximum atomic E-state index is 12.5. The fourth-order valence-corrected chi connectivity index (χ4v) is 3.72. The van der Waals surface area contributed by atoms with Gasteiger partial charge in [-0.15, -0.1) is 11.3 Å². The molecule has 1 saturated heterocycles. The lowest BCUT2D eigenvalue weighted by atomic mass is 9.91. The summed E-state index contributed by atoms with van der Waals surface area (Å²) in [6.07, 6.45) is 5.83. The summed E-state index contributed by atoms with van der Waals surface area (Å²) in [5.41, 5.74) is 1.24. The van der Waals surface area contributed by atoms with Crippen LogP contribution in [0.3, 0.4) is 0 Å². The molecular weight excluding hydrogens is 314 g/mol. The number of aromatic nitrogens is 2. The number of thiophene rings is 1. The van der Waals surface area contributed by atoms with Crippen LogP contribution < -0.4 is 0 Å². The normalized spacial score (nSPS) is 15.8. The Bertz CT molecular complexity index is 714. The Morgan fingerprint density at radius 2 is 2.00 bits per heavy atom. The number of carbonyl (C=O) groups excluding carboxylic acids is 1. The van der Waals surface area contributed by atoms with Crippen LogP contribution in [-0.2, 0) is 6.54 Å². The minimum Gasteiger partial charge on any atom is -0.477 e. The van der Waals surface area contributed by atoms with Crippen molar-refractivity contribution in [2.75, 3.05) is 13.1 Å². The molecule has 0 bridgehead atoms. The van der Waals surface area contributed by atoms with Crippen LogP contribution in [0, 0.1) is 0 Å². The molecule has 3 rings (SSSR count). The second-order valence-electron chi connectivity index (χ2n) is 5.66. The van der Waals surface area contributed by atoms with E-state index >= 15 is 0 Å². The molecule has 6 nitrogen and oxygen atoms in total. The molecule has 1 fully saturated rings. The highest BCUT2D eigenvalue weighted by Crippen LogP contribution is 2.29. The van der Waals surface area contributed by atoms with Crippen LogP contribution in [-0.4, -0.2) is 44.8 Å². The molecular formula is C16H19N3O3S.